The zero-order valence-corrected chi connectivity index (χ0v) is 9.20. The topological polar surface area (TPSA) is 34.1 Å². The molecule has 3 nitrogen and oxygen atoms in total. The molecule has 1 fully saturated rings. The highest BCUT2D eigenvalue weighted by Gasteiger charge is 2.15. The van der Waals surface area contributed by atoms with Crippen LogP contribution in [0.3, 0.4) is 0 Å². The van der Waals surface area contributed by atoms with Gasteiger partial charge in [0.1, 0.15) is 6.61 Å². The highest BCUT2D eigenvalue weighted by molar-refractivity contribution is 5.25. The van der Waals surface area contributed by atoms with E-state index in [1.807, 2.05) is 6.07 Å². The van der Waals surface area contributed by atoms with Crippen LogP contribution in [0.25, 0.3) is 0 Å². The van der Waals surface area contributed by atoms with Crippen molar-refractivity contribution in [1.82, 2.24) is 10.3 Å². The van der Waals surface area contributed by atoms with Crippen LogP contribution in [-0.2, 0) is 6.42 Å². The molecule has 1 N–H and O–H groups in total. The first-order valence-electron chi connectivity index (χ1n) is 5.70. The van der Waals surface area contributed by atoms with Crippen molar-refractivity contribution in [2.45, 2.75) is 32.2 Å². The van der Waals surface area contributed by atoms with Crippen molar-refractivity contribution < 1.29 is 4.74 Å². The Morgan fingerprint density at radius 3 is 3.27 bits per heavy atom. The van der Waals surface area contributed by atoms with Gasteiger partial charge in [0.25, 0.3) is 0 Å². The number of hydrogen-bond donors (Lipinski definition) is 1. The maximum Gasteiger partial charge on any atom is 0.216 e. The third kappa shape index (κ3) is 2.69. The summed E-state index contributed by atoms with van der Waals surface area (Å²) in [6.45, 7) is 3.98. The van der Waals surface area contributed by atoms with Crippen molar-refractivity contribution >= 4 is 0 Å². The third-order valence-electron chi connectivity index (χ3n) is 2.81. The molecule has 1 aliphatic heterocycles. The normalized spacial score (nSPS) is 20.5. The predicted octanol–water partition coefficient (Wildman–Crippen LogP) is 1.77. The minimum absolute atomic E-state index is 0.511. The molecular weight excluding hydrogens is 188 g/mol. The molecule has 15 heavy (non-hydrogen) atoms. The molecule has 1 saturated heterocycles. The summed E-state index contributed by atoms with van der Waals surface area (Å²) >= 11 is 0. The van der Waals surface area contributed by atoms with E-state index in [1.165, 1.54) is 18.4 Å². The van der Waals surface area contributed by atoms with Crippen LogP contribution >= 0.6 is 0 Å². The van der Waals surface area contributed by atoms with Gasteiger partial charge in [-0.15, -0.1) is 0 Å². The van der Waals surface area contributed by atoms with Crippen LogP contribution < -0.4 is 10.1 Å². The Kier molecular flexibility index (Phi) is 3.56. The van der Waals surface area contributed by atoms with E-state index in [-0.39, 0.29) is 0 Å². The SMILES string of the molecule is CCc1cccnc1OCC1CCCN1. The van der Waals surface area contributed by atoms with E-state index in [2.05, 4.69) is 23.3 Å². The van der Waals surface area contributed by atoms with E-state index in [9.17, 15) is 0 Å². The minimum Gasteiger partial charge on any atom is -0.476 e. The summed E-state index contributed by atoms with van der Waals surface area (Å²) in [5.41, 5.74) is 1.19. The molecule has 0 aromatic carbocycles. The lowest BCUT2D eigenvalue weighted by molar-refractivity contribution is 0.265. The minimum atomic E-state index is 0.511. The fourth-order valence-corrected chi connectivity index (χ4v) is 1.90. The molecule has 1 atom stereocenters. The Morgan fingerprint density at radius 1 is 1.60 bits per heavy atom. The van der Waals surface area contributed by atoms with Crippen LogP contribution in [-0.4, -0.2) is 24.2 Å². The van der Waals surface area contributed by atoms with Gasteiger partial charge in [-0.3, -0.25) is 0 Å². The van der Waals surface area contributed by atoms with Gasteiger partial charge in [0.05, 0.1) is 0 Å². The molecule has 0 spiro atoms. The Bertz CT molecular complexity index is 308. The zero-order valence-electron chi connectivity index (χ0n) is 9.20. The predicted molar refractivity (Wildman–Crippen MR) is 60.1 cm³/mol. The van der Waals surface area contributed by atoms with Gasteiger partial charge in [0.2, 0.25) is 5.88 Å². The molecule has 2 rings (SSSR count). The van der Waals surface area contributed by atoms with Gasteiger partial charge in [-0.1, -0.05) is 13.0 Å². The van der Waals surface area contributed by atoms with Crippen molar-refractivity contribution in [2.75, 3.05) is 13.2 Å². The molecule has 0 saturated carbocycles. The van der Waals surface area contributed by atoms with E-state index < -0.39 is 0 Å². The summed E-state index contributed by atoms with van der Waals surface area (Å²) in [5, 5.41) is 3.41. The zero-order chi connectivity index (χ0) is 10.5. The number of aromatic nitrogens is 1. The second-order valence-electron chi connectivity index (χ2n) is 3.93. The van der Waals surface area contributed by atoms with Gasteiger partial charge in [0, 0.05) is 17.8 Å². The standard InChI is InChI=1S/C12H18N2O/c1-2-10-5-3-8-14-12(10)15-9-11-6-4-7-13-11/h3,5,8,11,13H,2,4,6-7,9H2,1H3. The molecule has 82 valence electrons. The van der Waals surface area contributed by atoms with E-state index in [4.69, 9.17) is 4.74 Å². The van der Waals surface area contributed by atoms with Crippen LogP contribution in [0.15, 0.2) is 18.3 Å². The van der Waals surface area contributed by atoms with Crippen molar-refractivity contribution in [2.24, 2.45) is 0 Å². The third-order valence-corrected chi connectivity index (χ3v) is 2.81. The van der Waals surface area contributed by atoms with Crippen molar-refractivity contribution in [3.63, 3.8) is 0 Å². The van der Waals surface area contributed by atoms with E-state index in [0.29, 0.717) is 6.04 Å². The summed E-state index contributed by atoms with van der Waals surface area (Å²) in [4.78, 5) is 4.26. The lowest BCUT2D eigenvalue weighted by Crippen LogP contribution is -2.28. The highest BCUT2D eigenvalue weighted by atomic mass is 16.5. The van der Waals surface area contributed by atoms with Gasteiger partial charge < -0.3 is 10.1 Å². The van der Waals surface area contributed by atoms with Crippen LogP contribution in [0, 0.1) is 0 Å². The molecule has 0 amide bonds. The number of nitrogens with one attached hydrogen (secondary N) is 1. The first kappa shape index (κ1) is 10.4. The quantitative estimate of drug-likeness (QED) is 0.815. The van der Waals surface area contributed by atoms with Gasteiger partial charge in [-0.2, -0.15) is 0 Å². The van der Waals surface area contributed by atoms with Crippen LogP contribution in [0.1, 0.15) is 25.3 Å². The van der Waals surface area contributed by atoms with Crippen molar-refractivity contribution in [1.29, 1.82) is 0 Å². The molecule has 0 radical (unpaired) electrons. The molecule has 1 aromatic heterocycles. The summed E-state index contributed by atoms with van der Waals surface area (Å²) in [7, 11) is 0. The fraction of sp³-hybridized carbons (Fsp3) is 0.583. The van der Waals surface area contributed by atoms with E-state index in [0.717, 1.165) is 25.5 Å². The van der Waals surface area contributed by atoms with Gasteiger partial charge >= 0.3 is 0 Å². The van der Waals surface area contributed by atoms with E-state index >= 15 is 0 Å². The number of pyridine rings is 1. The average Bonchev–Trinajstić information content (AvgIpc) is 2.79. The van der Waals surface area contributed by atoms with Gasteiger partial charge in [-0.25, -0.2) is 4.98 Å². The molecule has 1 aliphatic rings. The molecule has 1 unspecified atom stereocenters. The molecular formula is C12H18N2O. The second kappa shape index (κ2) is 5.12. The monoisotopic (exact) mass is 206 g/mol. The average molecular weight is 206 g/mol. The Balaban J connectivity index is 1.91. The number of nitrogens with zero attached hydrogens (tertiary/aromatic N) is 1. The van der Waals surface area contributed by atoms with Crippen molar-refractivity contribution in [3.8, 4) is 5.88 Å². The molecule has 1 aromatic rings. The lowest BCUT2D eigenvalue weighted by atomic mass is 10.2. The Morgan fingerprint density at radius 2 is 2.53 bits per heavy atom. The second-order valence-corrected chi connectivity index (χ2v) is 3.93. The van der Waals surface area contributed by atoms with Crippen LogP contribution in [0.4, 0.5) is 0 Å². The largest absolute Gasteiger partial charge is 0.476 e. The summed E-state index contributed by atoms with van der Waals surface area (Å²) in [5.74, 6) is 0.800. The molecule has 3 heteroatoms. The smallest absolute Gasteiger partial charge is 0.216 e. The van der Waals surface area contributed by atoms with Gasteiger partial charge in [-0.05, 0) is 31.9 Å². The highest BCUT2D eigenvalue weighted by Crippen LogP contribution is 2.15. The fourth-order valence-electron chi connectivity index (χ4n) is 1.90. The number of rotatable bonds is 4. The lowest BCUT2D eigenvalue weighted by Gasteiger charge is -2.13. The Labute approximate surface area is 90.9 Å². The van der Waals surface area contributed by atoms with Gasteiger partial charge in [0.15, 0.2) is 0 Å². The first-order chi connectivity index (χ1) is 7.40. The molecule has 2 heterocycles. The molecule has 0 aliphatic carbocycles. The summed E-state index contributed by atoms with van der Waals surface area (Å²) in [6.07, 6.45) is 5.24. The van der Waals surface area contributed by atoms with Crippen LogP contribution in [0.5, 0.6) is 5.88 Å². The maximum absolute atomic E-state index is 5.74. The van der Waals surface area contributed by atoms with Crippen molar-refractivity contribution in [3.05, 3.63) is 23.9 Å². The number of ether oxygens (including phenoxy) is 1. The number of hydrogen-bond acceptors (Lipinski definition) is 3. The first-order valence-corrected chi connectivity index (χ1v) is 5.70. The molecule has 0 bridgehead atoms. The van der Waals surface area contributed by atoms with Crippen LogP contribution in [0.2, 0.25) is 0 Å². The Hall–Kier alpha value is -1.09. The maximum atomic E-state index is 5.74. The number of aryl methyl sites for hydroxylation is 1. The van der Waals surface area contributed by atoms with E-state index in [1.54, 1.807) is 6.20 Å². The summed E-state index contributed by atoms with van der Waals surface area (Å²) in [6, 6.07) is 4.54. The summed E-state index contributed by atoms with van der Waals surface area (Å²) < 4.78 is 5.74.